The Hall–Kier alpha value is -2.95. The fourth-order valence-corrected chi connectivity index (χ4v) is 6.78. The van der Waals surface area contributed by atoms with Gasteiger partial charge in [0.2, 0.25) is 0 Å². The Morgan fingerprint density at radius 2 is 1.97 bits per heavy atom. The zero-order valence-corrected chi connectivity index (χ0v) is 20.8. The van der Waals surface area contributed by atoms with Crippen molar-refractivity contribution in [3.63, 3.8) is 0 Å². The summed E-state index contributed by atoms with van der Waals surface area (Å²) in [6.07, 6.45) is 7.99. The molecule has 36 heavy (non-hydrogen) atoms. The van der Waals surface area contributed by atoms with E-state index < -0.39 is 17.2 Å². The number of piperidine rings is 1. The molecule has 6 rings (SSSR count). The Kier molecular flexibility index (Phi) is 5.97. The lowest BCUT2D eigenvalue weighted by Crippen LogP contribution is -2.50. The van der Waals surface area contributed by atoms with Crippen molar-refractivity contribution in [3.8, 4) is 5.69 Å². The highest BCUT2D eigenvalue weighted by Gasteiger charge is 2.44. The van der Waals surface area contributed by atoms with Crippen molar-refractivity contribution in [1.29, 1.82) is 0 Å². The number of benzene rings is 1. The number of pyridine rings is 1. The SMILES string of the molecule is COC[C@]12Cc3cnn(-c4ccc(F)cc4)c3C=C1CCN(S(=O)c1cncc(N3CC(F)C3)c1)C2. The molecule has 0 bridgehead atoms. The lowest BCUT2D eigenvalue weighted by atomic mass is 9.69. The fraction of sp³-hybridized carbons (Fsp3) is 0.385. The number of rotatable bonds is 6. The quantitative estimate of drug-likeness (QED) is 0.507. The first-order valence-corrected chi connectivity index (χ1v) is 13.1. The molecular weight excluding hydrogens is 484 g/mol. The minimum absolute atomic E-state index is 0.283. The molecule has 0 radical (unpaired) electrons. The molecule has 1 unspecified atom stereocenters. The van der Waals surface area contributed by atoms with Crippen LogP contribution in [0.25, 0.3) is 11.8 Å². The molecule has 0 spiro atoms. The van der Waals surface area contributed by atoms with E-state index in [1.807, 2.05) is 26.2 Å². The number of ether oxygens (including phenoxy) is 1. The molecule has 4 heterocycles. The number of halogens is 2. The second-order valence-electron chi connectivity index (χ2n) is 9.75. The molecule has 10 heteroatoms. The molecule has 7 nitrogen and oxygen atoms in total. The second-order valence-corrected chi connectivity index (χ2v) is 11.2. The van der Waals surface area contributed by atoms with Crippen LogP contribution < -0.4 is 4.90 Å². The van der Waals surface area contributed by atoms with Crippen LogP contribution >= 0.6 is 0 Å². The molecule has 2 aliphatic heterocycles. The summed E-state index contributed by atoms with van der Waals surface area (Å²) in [6.45, 7) is 2.39. The number of alkyl halides is 1. The summed E-state index contributed by atoms with van der Waals surface area (Å²) in [5.41, 5.74) is 4.60. The van der Waals surface area contributed by atoms with Gasteiger partial charge in [-0.3, -0.25) is 4.98 Å². The number of anilines is 1. The van der Waals surface area contributed by atoms with Crippen LogP contribution in [0.2, 0.25) is 0 Å². The zero-order chi connectivity index (χ0) is 24.9. The van der Waals surface area contributed by atoms with Crippen LogP contribution in [0.4, 0.5) is 14.5 Å². The minimum Gasteiger partial charge on any atom is -0.384 e. The maximum absolute atomic E-state index is 13.6. The van der Waals surface area contributed by atoms with Gasteiger partial charge >= 0.3 is 0 Å². The topological polar surface area (TPSA) is 63.5 Å². The number of nitrogens with zero attached hydrogens (tertiary/aromatic N) is 5. The van der Waals surface area contributed by atoms with Crippen molar-refractivity contribution in [3.05, 3.63) is 71.6 Å². The molecule has 0 N–H and O–H groups in total. The number of hydrogen-bond acceptors (Lipinski definition) is 5. The van der Waals surface area contributed by atoms with Crippen LogP contribution in [0, 0.1) is 11.2 Å². The monoisotopic (exact) mass is 511 g/mol. The minimum atomic E-state index is -1.40. The van der Waals surface area contributed by atoms with Crippen LogP contribution in [0.1, 0.15) is 17.7 Å². The van der Waals surface area contributed by atoms with E-state index in [1.54, 1.807) is 31.6 Å². The number of fused-ring (bicyclic) bond motifs is 2. The van der Waals surface area contributed by atoms with Gasteiger partial charge in [-0.1, -0.05) is 5.57 Å². The first-order chi connectivity index (χ1) is 17.5. The third-order valence-corrected chi connectivity index (χ3v) is 8.75. The Morgan fingerprint density at radius 3 is 2.72 bits per heavy atom. The average Bonchev–Trinajstić information content (AvgIpc) is 3.27. The lowest BCUT2D eigenvalue weighted by Gasteiger charge is -2.45. The molecule has 188 valence electrons. The van der Waals surface area contributed by atoms with Gasteiger partial charge < -0.3 is 9.64 Å². The molecule has 3 aliphatic rings. The number of methoxy groups -OCH3 is 1. The Balaban J connectivity index is 1.27. The molecule has 0 amide bonds. The highest BCUT2D eigenvalue weighted by atomic mass is 32.2. The standard InChI is InChI=1S/C26H27F2N5O2S/c1-35-17-26-10-18-11-30-33(22-4-2-20(27)3-5-22)25(18)8-19(26)6-7-32(16-26)36(34)24-9-23(12-29-13-24)31-14-21(28)15-31/h2-5,8-9,11-13,21H,6-7,10,14-17H2,1H3/t26-,36?/m1/s1. The summed E-state index contributed by atoms with van der Waals surface area (Å²) in [5, 5.41) is 4.59. The van der Waals surface area contributed by atoms with Crippen molar-refractivity contribution in [2.75, 3.05) is 44.8 Å². The highest BCUT2D eigenvalue weighted by molar-refractivity contribution is 7.82. The predicted molar refractivity (Wildman–Crippen MR) is 133 cm³/mol. The molecule has 1 aliphatic carbocycles. The zero-order valence-electron chi connectivity index (χ0n) is 19.9. The van der Waals surface area contributed by atoms with Gasteiger partial charge in [0, 0.05) is 31.8 Å². The molecule has 2 atom stereocenters. The van der Waals surface area contributed by atoms with Crippen LogP contribution in [0.15, 0.2) is 59.4 Å². The van der Waals surface area contributed by atoms with Crippen LogP contribution in [0.5, 0.6) is 0 Å². The molecular formula is C26H27F2N5O2S. The largest absolute Gasteiger partial charge is 0.384 e. The Labute approximate surface area is 211 Å². The summed E-state index contributed by atoms with van der Waals surface area (Å²) in [4.78, 5) is 6.80. The van der Waals surface area contributed by atoms with E-state index in [4.69, 9.17) is 4.74 Å². The van der Waals surface area contributed by atoms with Crippen LogP contribution in [0.3, 0.4) is 0 Å². The van der Waals surface area contributed by atoms with E-state index in [0.29, 0.717) is 44.1 Å². The van der Waals surface area contributed by atoms with E-state index in [9.17, 15) is 13.0 Å². The first-order valence-electron chi connectivity index (χ1n) is 12.0. The summed E-state index contributed by atoms with van der Waals surface area (Å²) in [5.74, 6) is -0.283. The molecule has 2 saturated heterocycles. The molecule has 3 aromatic rings. The fourth-order valence-electron chi connectivity index (χ4n) is 5.49. The van der Waals surface area contributed by atoms with Crippen molar-refractivity contribution in [1.82, 2.24) is 19.1 Å². The van der Waals surface area contributed by atoms with Gasteiger partial charge in [0.1, 0.15) is 23.0 Å². The lowest BCUT2D eigenvalue weighted by molar-refractivity contribution is 0.0746. The van der Waals surface area contributed by atoms with E-state index >= 15 is 0 Å². The highest BCUT2D eigenvalue weighted by Crippen LogP contribution is 2.45. The van der Waals surface area contributed by atoms with Gasteiger partial charge in [0.05, 0.1) is 54.1 Å². The van der Waals surface area contributed by atoms with Crippen molar-refractivity contribution in [2.24, 2.45) is 5.41 Å². The smallest absolute Gasteiger partial charge is 0.135 e. The molecule has 1 aromatic carbocycles. The van der Waals surface area contributed by atoms with E-state index in [0.717, 1.165) is 29.1 Å². The van der Waals surface area contributed by atoms with E-state index in [1.165, 1.54) is 17.7 Å². The van der Waals surface area contributed by atoms with E-state index in [-0.39, 0.29) is 11.2 Å². The average molecular weight is 512 g/mol. The van der Waals surface area contributed by atoms with Crippen LogP contribution in [-0.2, 0) is 22.1 Å². The summed E-state index contributed by atoms with van der Waals surface area (Å²) in [7, 11) is 0.292. The molecule has 2 aromatic heterocycles. The predicted octanol–water partition coefficient (Wildman–Crippen LogP) is 3.57. The first kappa shape index (κ1) is 23.4. The van der Waals surface area contributed by atoms with Crippen molar-refractivity contribution >= 4 is 22.7 Å². The third kappa shape index (κ3) is 4.07. The molecule has 0 saturated carbocycles. The Morgan fingerprint density at radius 1 is 1.17 bits per heavy atom. The van der Waals surface area contributed by atoms with Gasteiger partial charge in [-0.2, -0.15) is 5.10 Å². The second kappa shape index (κ2) is 9.17. The third-order valence-electron chi connectivity index (χ3n) is 7.35. The van der Waals surface area contributed by atoms with Crippen LogP contribution in [-0.4, -0.2) is 69.3 Å². The summed E-state index contributed by atoms with van der Waals surface area (Å²) >= 11 is 0. The van der Waals surface area contributed by atoms with Gasteiger partial charge in [-0.15, -0.1) is 0 Å². The molecule has 2 fully saturated rings. The maximum Gasteiger partial charge on any atom is 0.135 e. The summed E-state index contributed by atoms with van der Waals surface area (Å²) < 4.78 is 49.9. The van der Waals surface area contributed by atoms with Gasteiger partial charge in [0.15, 0.2) is 0 Å². The normalized spacial score (nSPS) is 23.0. The van der Waals surface area contributed by atoms with Gasteiger partial charge in [-0.25, -0.2) is 22.0 Å². The summed E-state index contributed by atoms with van der Waals surface area (Å²) in [6, 6.07) is 8.17. The van der Waals surface area contributed by atoms with Gasteiger partial charge in [-0.05, 0) is 54.8 Å². The van der Waals surface area contributed by atoms with Gasteiger partial charge in [0.25, 0.3) is 0 Å². The van der Waals surface area contributed by atoms with Crippen molar-refractivity contribution in [2.45, 2.75) is 23.9 Å². The number of hydrogen-bond donors (Lipinski definition) is 0. The van der Waals surface area contributed by atoms with E-state index in [2.05, 4.69) is 16.2 Å². The Bertz CT molecular complexity index is 1340. The number of aromatic nitrogens is 3. The van der Waals surface area contributed by atoms with Crippen molar-refractivity contribution < 1.29 is 17.7 Å². The maximum atomic E-state index is 13.6.